The molecular weight excluding hydrogens is 140 g/mol. The highest BCUT2D eigenvalue weighted by atomic mass is 16.5. The zero-order chi connectivity index (χ0) is 8.27. The summed E-state index contributed by atoms with van der Waals surface area (Å²) in [5.41, 5.74) is 0. The maximum atomic E-state index is 10.6. The average Bonchev–Trinajstić information content (AvgIpc) is 2.51. The van der Waals surface area contributed by atoms with E-state index in [4.69, 9.17) is 4.74 Å². The van der Waals surface area contributed by atoms with Crippen molar-refractivity contribution in [3.05, 3.63) is 0 Å². The highest BCUT2D eigenvalue weighted by molar-refractivity contribution is 5.72. The minimum atomic E-state index is 0.0182. The number of fused-ring (bicyclic) bond motifs is 1. The summed E-state index contributed by atoms with van der Waals surface area (Å²) in [5, 5.41) is 0. The number of esters is 1. The minimum absolute atomic E-state index is 0.0182. The summed E-state index contributed by atoms with van der Waals surface area (Å²) in [6, 6.07) is 0. The Bertz CT molecular complexity index is 128. The van der Waals surface area contributed by atoms with E-state index in [-0.39, 0.29) is 5.97 Å². The predicted octanol–water partition coefficient (Wildman–Crippen LogP) is 2.13. The summed E-state index contributed by atoms with van der Waals surface area (Å²) in [6.45, 7) is 4.00. The number of hydrogen-bond donors (Lipinski definition) is 0. The summed E-state index contributed by atoms with van der Waals surface area (Å²) in [4.78, 5) is 10.6. The molecule has 0 amide bonds. The van der Waals surface area contributed by atoms with Gasteiger partial charge in [-0.1, -0.05) is 13.8 Å². The minimum Gasteiger partial charge on any atom is -0.462 e. The van der Waals surface area contributed by atoms with Crippen molar-refractivity contribution < 1.29 is 9.53 Å². The molecule has 2 atom stereocenters. The zero-order valence-corrected chi connectivity index (χ0v) is 7.30. The van der Waals surface area contributed by atoms with Gasteiger partial charge in [-0.15, -0.1) is 0 Å². The van der Waals surface area contributed by atoms with Crippen LogP contribution in [0, 0.1) is 5.92 Å². The van der Waals surface area contributed by atoms with Crippen LogP contribution in [0.3, 0.4) is 0 Å². The Morgan fingerprint density at radius 2 is 2.09 bits per heavy atom. The Morgan fingerprint density at radius 3 is 2.73 bits per heavy atom. The van der Waals surface area contributed by atoms with Crippen molar-refractivity contribution in [3.63, 3.8) is 0 Å². The summed E-state index contributed by atoms with van der Waals surface area (Å²) >= 11 is 0. The highest BCUT2D eigenvalue weighted by Gasteiger charge is 2.37. The van der Waals surface area contributed by atoms with Crippen LogP contribution in [0.4, 0.5) is 0 Å². The van der Waals surface area contributed by atoms with Crippen LogP contribution >= 0.6 is 0 Å². The largest absolute Gasteiger partial charge is 0.462 e. The van der Waals surface area contributed by atoms with E-state index in [2.05, 4.69) is 0 Å². The van der Waals surface area contributed by atoms with Crippen molar-refractivity contribution in [1.29, 1.82) is 0 Å². The van der Waals surface area contributed by atoms with Crippen molar-refractivity contribution in [2.24, 2.45) is 5.92 Å². The summed E-state index contributed by atoms with van der Waals surface area (Å²) in [5.74, 6) is 0.599. The molecule has 0 radical (unpaired) electrons. The maximum Gasteiger partial charge on any atom is 0.306 e. The van der Waals surface area contributed by atoms with Crippen LogP contribution < -0.4 is 0 Å². The van der Waals surface area contributed by atoms with E-state index < -0.39 is 0 Å². The fourth-order valence-electron chi connectivity index (χ4n) is 1.82. The lowest BCUT2D eigenvalue weighted by atomic mass is 10.1. The number of rotatable bonds is 0. The van der Waals surface area contributed by atoms with Crippen LogP contribution in [0.15, 0.2) is 0 Å². The molecule has 2 rings (SSSR count). The molecule has 0 N–H and O–H groups in total. The molecule has 2 fully saturated rings. The first kappa shape index (κ1) is 8.57. The quantitative estimate of drug-likeness (QED) is 0.502. The van der Waals surface area contributed by atoms with Gasteiger partial charge < -0.3 is 4.74 Å². The second-order valence-corrected chi connectivity index (χ2v) is 2.92. The lowest BCUT2D eigenvalue weighted by Gasteiger charge is -2.03. The molecular formula is C9H16O2. The lowest BCUT2D eigenvalue weighted by molar-refractivity contribution is -0.141. The summed E-state index contributed by atoms with van der Waals surface area (Å²) in [7, 11) is 0. The van der Waals surface area contributed by atoms with E-state index in [1.807, 2.05) is 13.8 Å². The number of carbonyl (C=O) groups excluding carboxylic acids is 1. The van der Waals surface area contributed by atoms with Gasteiger partial charge in [0.05, 0.1) is 6.42 Å². The van der Waals surface area contributed by atoms with Gasteiger partial charge in [-0.05, 0) is 19.3 Å². The van der Waals surface area contributed by atoms with Gasteiger partial charge in [0, 0.05) is 5.92 Å². The van der Waals surface area contributed by atoms with E-state index in [9.17, 15) is 4.79 Å². The van der Waals surface area contributed by atoms with Gasteiger partial charge in [-0.3, -0.25) is 4.79 Å². The topological polar surface area (TPSA) is 26.3 Å². The van der Waals surface area contributed by atoms with Gasteiger partial charge in [0.1, 0.15) is 6.10 Å². The monoisotopic (exact) mass is 156 g/mol. The average molecular weight is 156 g/mol. The Morgan fingerprint density at radius 1 is 1.36 bits per heavy atom. The molecule has 0 aromatic heterocycles. The molecule has 11 heavy (non-hydrogen) atoms. The number of ether oxygens (including phenoxy) is 1. The second-order valence-electron chi connectivity index (χ2n) is 2.92. The molecule has 2 unspecified atom stereocenters. The van der Waals surface area contributed by atoms with Crippen molar-refractivity contribution in [3.8, 4) is 0 Å². The van der Waals surface area contributed by atoms with Gasteiger partial charge >= 0.3 is 5.97 Å². The number of carbonyl (C=O) groups is 1. The molecule has 2 nitrogen and oxygen atoms in total. The van der Waals surface area contributed by atoms with Gasteiger partial charge in [0.25, 0.3) is 0 Å². The number of hydrogen-bond acceptors (Lipinski definition) is 2. The van der Waals surface area contributed by atoms with E-state index in [1.165, 1.54) is 12.8 Å². The van der Waals surface area contributed by atoms with Crippen LogP contribution in [-0.4, -0.2) is 12.1 Å². The SMILES string of the molecule is CC.O=C1CC2CCCC2O1. The zero-order valence-electron chi connectivity index (χ0n) is 7.30. The molecule has 1 aliphatic carbocycles. The Kier molecular flexibility index (Phi) is 2.92. The summed E-state index contributed by atoms with van der Waals surface area (Å²) < 4.78 is 5.05. The summed E-state index contributed by atoms with van der Waals surface area (Å²) in [6.07, 6.45) is 4.55. The van der Waals surface area contributed by atoms with E-state index in [1.54, 1.807) is 0 Å². The van der Waals surface area contributed by atoms with Gasteiger partial charge in [-0.25, -0.2) is 0 Å². The smallest absolute Gasteiger partial charge is 0.306 e. The molecule has 2 aliphatic rings. The standard InChI is InChI=1S/C7H10O2.C2H6/c8-7-4-5-2-1-3-6(5)9-7;1-2/h5-6H,1-4H2;1-2H3. The predicted molar refractivity (Wildman–Crippen MR) is 43.2 cm³/mol. The molecule has 0 spiro atoms. The second kappa shape index (κ2) is 3.74. The molecule has 0 aromatic carbocycles. The third kappa shape index (κ3) is 1.73. The van der Waals surface area contributed by atoms with E-state index in [0.717, 1.165) is 6.42 Å². The lowest BCUT2D eigenvalue weighted by Crippen LogP contribution is -2.06. The van der Waals surface area contributed by atoms with Gasteiger partial charge in [0.15, 0.2) is 0 Å². The molecule has 1 saturated heterocycles. The first-order chi connectivity index (χ1) is 5.36. The van der Waals surface area contributed by atoms with Crippen molar-refractivity contribution in [2.45, 2.75) is 45.6 Å². The van der Waals surface area contributed by atoms with Crippen molar-refractivity contribution in [1.82, 2.24) is 0 Å². The van der Waals surface area contributed by atoms with Crippen LogP contribution in [-0.2, 0) is 9.53 Å². The molecule has 1 saturated carbocycles. The Balaban J connectivity index is 0.000000281. The maximum absolute atomic E-state index is 10.6. The van der Waals surface area contributed by atoms with Crippen LogP contribution in [0.1, 0.15) is 39.5 Å². The molecule has 1 aliphatic heterocycles. The first-order valence-electron chi connectivity index (χ1n) is 4.56. The first-order valence-corrected chi connectivity index (χ1v) is 4.56. The Labute approximate surface area is 67.9 Å². The Hall–Kier alpha value is -0.530. The van der Waals surface area contributed by atoms with Crippen LogP contribution in [0.5, 0.6) is 0 Å². The fraction of sp³-hybridized carbons (Fsp3) is 0.889. The third-order valence-electron chi connectivity index (χ3n) is 2.30. The van der Waals surface area contributed by atoms with Crippen LogP contribution in [0.2, 0.25) is 0 Å². The molecule has 0 aromatic rings. The normalized spacial score (nSPS) is 33.8. The van der Waals surface area contributed by atoms with E-state index in [0.29, 0.717) is 18.4 Å². The third-order valence-corrected chi connectivity index (χ3v) is 2.30. The molecule has 0 bridgehead atoms. The van der Waals surface area contributed by atoms with Gasteiger partial charge in [0.2, 0.25) is 0 Å². The van der Waals surface area contributed by atoms with Gasteiger partial charge in [-0.2, -0.15) is 0 Å². The highest BCUT2D eigenvalue weighted by Crippen LogP contribution is 2.35. The molecule has 64 valence electrons. The fourth-order valence-corrected chi connectivity index (χ4v) is 1.82. The van der Waals surface area contributed by atoms with Crippen molar-refractivity contribution in [2.75, 3.05) is 0 Å². The molecule has 1 heterocycles. The van der Waals surface area contributed by atoms with Crippen molar-refractivity contribution >= 4 is 5.97 Å². The molecule has 2 heteroatoms. The van der Waals surface area contributed by atoms with Crippen LogP contribution in [0.25, 0.3) is 0 Å². The van der Waals surface area contributed by atoms with E-state index >= 15 is 0 Å².